The third-order valence-electron chi connectivity index (χ3n) is 6.99. The Morgan fingerprint density at radius 3 is 2.56 bits per heavy atom. The number of nitrogens with zero attached hydrogens (tertiary/aromatic N) is 4. The van der Waals surface area contributed by atoms with Crippen LogP contribution in [0.2, 0.25) is 0 Å². The minimum absolute atomic E-state index is 0.205. The Morgan fingerprint density at radius 2 is 1.73 bits per heavy atom. The molecule has 3 aromatic carbocycles. The van der Waals surface area contributed by atoms with Crippen molar-refractivity contribution in [1.82, 2.24) is 24.7 Å². The number of carbonyl (C=O) groups excluding carboxylic acids is 1. The van der Waals surface area contributed by atoms with Crippen molar-refractivity contribution in [2.45, 2.75) is 6.92 Å². The van der Waals surface area contributed by atoms with Gasteiger partial charge in [0.05, 0.1) is 17.1 Å². The molecule has 11 heteroatoms. The fraction of sp³-hybridized carbons (Fsp3) is 0.118. The molecule has 3 heterocycles. The van der Waals surface area contributed by atoms with Gasteiger partial charge in [-0.3, -0.25) is 9.20 Å². The first kappa shape index (κ1) is 29.4. The smallest absolute Gasteiger partial charge is 0.255 e. The Balaban J connectivity index is 1.36. The van der Waals surface area contributed by atoms with E-state index in [0.29, 0.717) is 46.6 Å². The number of carbonyl (C=O) groups is 1. The quantitative estimate of drug-likeness (QED) is 0.150. The molecular formula is C34H29F2N7O2. The standard InChI is InChI=1S/C34H29F2N7O2/c1-21-13-16-43-29(18-21)41-30(22-6-3-7-23(19-22)33(44)42-31-26(35)10-5-11-27(31)36)32(43)28-12-14-38-34(40-28)39-24-8-4-9-25(20-24)45-17-15-37-2/h3-14,16,18-20,37H,15,17H2,1-2H3,(H,42,44)(H,38,39,40). The third-order valence-corrected chi connectivity index (χ3v) is 6.99. The Bertz CT molecular complexity index is 1990. The van der Waals surface area contributed by atoms with Gasteiger partial charge < -0.3 is 20.7 Å². The predicted molar refractivity (Wildman–Crippen MR) is 170 cm³/mol. The highest BCUT2D eigenvalue weighted by Gasteiger charge is 2.20. The normalized spacial score (nSPS) is 11.0. The summed E-state index contributed by atoms with van der Waals surface area (Å²) in [6.45, 7) is 3.23. The maximum Gasteiger partial charge on any atom is 0.255 e. The van der Waals surface area contributed by atoms with E-state index in [1.807, 2.05) is 67.0 Å². The molecule has 0 atom stereocenters. The van der Waals surface area contributed by atoms with E-state index in [9.17, 15) is 13.6 Å². The van der Waals surface area contributed by atoms with Crippen molar-refractivity contribution in [2.75, 3.05) is 30.8 Å². The van der Waals surface area contributed by atoms with Crippen LogP contribution in [0.25, 0.3) is 28.3 Å². The number of fused-ring (bicyclic) bond motifs is 1. The Hall–Kier alpha value is -5.68. The van der Waals surface area contributed by atoms with Crippen LogP contribution in [0.4, 0.5) is 26.1 Å². The average molecular weight is 606 g/mol. The summed E-state index contributed by atoms with van der Waals surface area (Å²) >= 11 is 0. The molecule has 226 valence electrons. The van der Waals surface area contributed by atoms with Gasteiger partial charge in [-0.15, -0.1) is 0 Å². The molecule has 0 aliphatic rings. The van der Waals surface area contributed by atoms with Crippen LogP contribution in [-0.4, -0.2) is 45.5 Å². The molecule has 0 aliphatic heterocycles. The first-order valence-electron chi connectivity index (χ1n) is 14.2. The number of imidazole rings is 1. The molecule has 0 spiro atoms. The number of rotatable bonds is 10. The Kier molecular flexibility index (Phi) is 8.43. The van der Waals surface area contributed by atoms with Gasteiger partial charge in [-0.05, 0) is 74.1 Å². The fourth-order valence-electron chi connectivity index (χ4n) is 4.82. The summed E-state index contributed by atoms with van der Waals surface area (Å²) < 4.78 is 36.1. The molecule has 0 radical (unpaired) electrons. The summed E-state index contributed by atoms with van der Waals surface area (Å²) in [7, 11) is 1.87. The van der Waals surface area contributed by atoms with Gasteiger partial charge >= 0.3 is 0 Å². The number of para-hydroxylation sites is 1. The van der Waals surface area contributed by atoms with Gasteiger partial charge in [0.1, 0.15) is 35.3 Å². The second kappa shape index (κ2) is 12.9. The van der Waals surface area contributed by atoms with E-state index < -0.39 is 23.2 Å². The van der Waals surface area contributed by atoms with E-state index in [2.05, 4.69) is 20.9 Å². The molecule has 0 saturated carbocycles. The molecule has 6 rings (SSSR count). The largest absolute Gasteiger partial charge is 0.492 e. The third kappa shape index (κ3) is 6.48. The van der Waals surface area contributed by atoms with Crippen molar-refractivity contribution in [2.24, 2.45) is 0 Å². The van der Waals surface area contributed by atoms with Crippen LogP contribution in [0, 0.1) is 18.6 Å². The van der Waals surface area contributed by atoms with Crippen molar-refractivity contribution < 1.29 is 18.3 Å². The summed E-state index contributed by atoms with van der Waals surface area (Å²) in [5.74, 6) is -1.30. The van der Waals surface area contributed by atoms with Gasteiger partial charge in [0.2, 0.25) is 5.95 Å². The molecule has 3 N–H and O–H groups in total. The predicted octanol–water partition coefficient (Wildman–Crippen LogP) is 6.64. The van der Waals surface area contributed by atoms with Gasteiger partial charge in [-0.2, -0.15) is 0 Å². The topological polar surface area (TPSA) is 105 Å². The number of halogens is 2. The van der Waals surface area contributed by atoms with E-state index in [-0.39, 0.29) is 5.56 Å². The molecular weight excluding hydrogens is 576 g/mol. The zero-order valence-electron chi connectivity index (χ0n) is 24.5. The number of hydrogen-bond donors (Lipinski definition) is 3. The molecule has 0 fully saturated rings. The van der Waals surface area contributed by atoms with E-state index in [1.165, 1.54) is 6.07 Å². The van der Waals surface area contributed by atoms with Crippen molar-refractivity contribution in [3.05, 3.63) is 120 Å². The Labute approximate surface area is 258 Å². The van der Waals surface area contributed by atoms with Crippen LogP contribution in [-0.2, 0) is 0 Å². The minimum Gasteiger partial charge on any atom is -0.492 e. The number of ether oxygens (including phenoxy) is 1. The van der Waals surface area contributed by atoms with E-state index in [4.69, 9.17) is 14.7 Å². The Morgan fingerprint density at radius 1 is 0.933 bits per heavy atom. The molecule has 0 bridgehead atoms. The summed E-state index contributed by atoms with van der Waals surface area (Å²) in [6.07, 6.45) is 3.57. The van der Waals surface area contributed by atoms with Crippen LogP contribution in [0.1, 0.15) is 15.9 Å². The SMILES string of the molecule is CNCCOc1cccc(Nc2nccc(-c3c(-c4cccc(C(=O)Nc5c(F)cccc5F)c4)nc4cc(C)ccn34)n2)c1. The second-order valence-corrected chi connectivity index (χ2v) is 10.2. The molecule has 0 aliphatic carbocycles. The molecule has 0 unspecified atom stereocenters. The number of nitrogens with one attached hydrogen (secondary N) is 3. The van der Waals surface area contributed by atoms with Crippen molar-refractivity contribution >= 4 is 28.9 Å². The molecule has 6 aromatic rings. The molecule has 1 amide bonds. The van der Waals surface area contributed by atoms with Gasteiger partial charge in [0, 0.05) is 41.8 Å². The highest BCUT2D eigenvalue weighted by molar-refractivity contribution is 6.05. The maximum absolute atomic E-state index is 14.2. The number of likely N-dealkylation sites (N-methyl/N-ethyl adjacent to an activating group) is 1. The minimum atomic E-state index is -0.862. The first-order chi connectivity index (χ1) is 21.9. The van der Waals surface area contributed by atoms with Crippen LogP contribution in [0.5, 0.6) is 5.75 Å². The molecule has 0 saturated heterocycles. The van der Waals surface area contributed by atoms with Crippen molar-refractivity contribution in [3.8, 4) is 28.4 Å². The van der Waals surface area contributed by atoms with Gasteiger partial charge in [-0.1, -0.05) is 24.3 Å². The lowest BCUT2D eigenvalue weighted by molar-refractivity contribution is 0.102. The lowest BCUT2D eigenvalue weighted by Gasteiger charge is -2.11. The number of pyridine rings is 1. The van der Waals surface area contributed by atoms with E-state index >= 15 is 0 Å². The molecule has 45 heavy (non-hydrogen) atoms. The summed E-state index contributed by atoms with van der Waals surface area (Å²) in [6, 6.07) is 23.4. The maximum atomic E-state index is 14.2. The number of aryl methyl sites for hydroxylation is 1. The second-order valence-electron chi connectivity index (χ2n) is 10.2. The number of aromatic nitrogens is 4. The zero-order valence-corrected chi connectivity index (χ0v) is 24.5. The number of hydrogen-bond acceptors (Lipinski definition) is 7. The van der Waals surface area contributed by atoms with Crippen LogP contribution < -0.4 is 20.7 Å². The summed E-state index contributed by atoms with van der Waals surface area (Å²) in [5.41, 5.74) is 4.61. The lowest BCUT2D eigenvalue weighted by Crippen LogP contribution is -2.15. The number of benzene rings is 3. The molecule has 3 aromatic heterocycles. The summed E-state index contributed by atoms with van der Waals surface area (Å²) in [4.78, 5) is 27.2. The summed E-state index contributed by atoms with van der Waals surface area (Å²) in [5, 5.41) is 8.65. The van der Waals surface area contributed by atoms with Crippen molar-refractivity contribution in [1.29, 1.82) is 0 Å². The highest BCUT2D eigenvalue weighted by atomic mass is 19.1. The fourth-order valence-corrected chi connectivity index (χ4v) is 4.82. The first-order valence-corrected chi connectivity index (χ1v) is 14.2. The molecule has 9 nitrogen and oxygen atoms in total. The number of anilines is 3. The lowest BCUT2D eigenvalue weighted by atomic mass is 10.0. The van der Waals surface area contributed by atoms with Crippen LogP contribution in [0.3, 0.4) is 0 Å². The number of amides is 1. The zero-order chi connectivity index (χ0) is 31.3. The van der Waals surface area contributed by atoms with Crippen molar-refractivity contribution in [3.63, 3.8) is 0 Å². The van der Waals surface area contributed by atoms with Gasteiger partial charge in [0.15, 0.2) is 0 Å². The van der Waals surface area contributed by atoms with Crippen LogP contribution in [0.15, 0.2) is 97.3 Å². The average Bonchev–Trinajstić information content (AvgIpc) is 3.42. The van der Waals surface area contributed by atoms with E-state index in [1.54, 1.807) is 30.5 Å². The highest BCUT2D eigenvalue weighted by Crippen LogP contribution is 2.33. The van der Waals surface area contributed by atoms with Gasteiger partial charge in [0.25, 0.3) is 5.91 Å². The van der Waals surface area contributed by atoms with E-state index in [0.717, 1.165) is 29.9 Å². The monoisotopic (exact) mass is 605 g/mol. The van der Waals surface area contributed by atoms with Crippen LogP contribution >= 0.6 is 0 Å². The van der Waals surface area contributed by atoms with Gasteiger partial charge in [-0.25, -0.2) is 23.7 Å².